The van der Waals surface area contributed by atoms with Crippen molar-refractivity contribution in [3.8, 4) is 0 Å². The fourth-order valence-corrected chi connectivity index (χ4v) is 3.84. The van der Waals surface area contributed by atoms with Crippen LogP contribution < -0.4 is 0 Å². The van der Waals surface area contributed by atoms with Crippen molar-refractivity contribution >= 4 is 45.8 Å². The van der Waals surface area contributed by atoms with Crippen LogP contribution >= 0.6 is 15.9 Å². The van der Waals surface area contributed by atoms with Crippen molar-refractivity contribution in [2.24, 2.45) is 5.11 Å². The molecule has 1 saturated heterocycles. The Hall–Kier alpha value is -3.02. The molecule has 0 aromatic heterocycles. The fourth-order valence-electron chi connectivity index (χ4n) is 3.43. The highest BCUT2D eigenvalue weighted by Crippen LogP contribution is 2.31. The lowest BCUT2D eigenvalue weighted by atomic mass is 9.98. The van der Waals surface area contributed by atoms with E-state index in [0.717, 1.165) is 27.7 Å². The van der Waals surface area contributed by atoms with Crippen LogP contribution in [0.1, 0.15) is 34.6 Å². The standard InChI is InChI=1S/C23H34BrN3O14/c1-6-34-21(32)17(24)22(35-10-9-33-8-7-26-27-25)41-23-20(39-15(5)31)19(38-14(4)30)18(37-13(3)29)16(40-23)11-36-12(2)28/h16-20,22-23H,6-11H2,1-5H3/t16-,17?,18-,19+,20-,22?,23+/m1/s1. The molecule has 0 aliphatic carbocycles. The van der Waals surface area contributed by atoms with Crippen LogP contribution in [0.5, 0.6) is 0 Å². The van der Waals surface area contributed by atoms with E-state index in [1.54, 1.807) is 6.92 Å². The second kappa shape index (κ2) is 19.2. The molecular weight excluding hydrogens is 622 g/mol. The Morgan fingerprint density at radius 3 is 2.05 bits per heavy atom. The number of ether oxygens (including phenoxy) is 9. The molecular formula is C23H34BrN3O14. The second-order valence-electron chi connectivity index (χ2n) is 8.16. The average molecular weight is 656 g/mol. The van der Waals surface area contributed by atoms with Gasteiger partial charge in [0.1, 0.15) is 12.7 Å². The van der Waals surface area contributed by atoms with Gasteiger partial charge in [0.05, 0.1) is 26.4 Å². The van der Waals surface area contributed by atoms with E-state index in [0.29, 0.717) is 0 Å². The summed E-state index contributed by atoms with van der Waals surface area (Å²) >= 11 is 3.17. The summed E-state index contributed by atoms with van der Waals surface area (Å²) in [6.07, 6.45) is -8.77. The van der Waals surface area contributed by atoms with Crippen molar-refractivity contribution in [1.29, 1.82) is 0 Å². The first kappa shape index (κ1) is 36.0. The Morgan fingerprint density at radius 2 is 1.49 bits per heavy atom. The highest BCUT2D eigenvalue weighted by Gasteiger charge is 2.54. The normalized spacial score (nSPS) is 23.2. The molecule has 41 heavy (non-hydrogen) atoms. The minimum Gasteiger partial charge on any atom is -0.465 e. The molecule has 0 N–H and O–H groups in total. The van der Waals surface area contributed by atoms with Gasteiger partial charge >= 0.3 is 29.8 Å². The smallest absolute Gasteiger partial charge is 0.324 e. The molecule has 0 aromatic carbocycles. The molecule has 0 radical (unpaired) electrons. The van der Waals surface area contributed by atoms with E-state index in [4.69, 9.17) is 48.2 Å². The average Bonchev–Trinajstić information content (AvgIpc) is 2.88. The van der Waals surface area contributed by atoms with Gasteiger partial charge in [0.2, 0.25) is 6.29 Å². The molecule has 0 aromatic rings. The van der Waals surface area contributed by atoms with Crippen LogP contribution in [-0.4, -0.2) is 111 Å². The van der Waals surface area contributed by atoms with E-state index >= 15 is 0 Å². The Kier molecular flexibility index (Phi) is 16.8. The summed E-state index contributed by atoms with van der Waals surface area (Å²) in [5, 5.41) is 3.34. The summed E-state index contributed by atoms with van der Waals surface area (Å²) in [6, 6.07) is 0. The minimum absolute atomic E-state index is 0.00191. The van der Waals surface area contributed by atoms with Crippen molar-refractivity contribution < 1.29 is 66.6 Å². The van der Waals surface area contributed by atoms with Crippen LogP contribution in [0, 0.1) is 0 Å². The topological polar surface area (TPSA) is 217 Å². The third kappa shape index (κ3) is 13.5. The first-order valence-electron chi connectivity index (χ1n) is 12.4. The molecule has 0 spiro atoms. The van der Waals surface area contributed by atoms with Gasteiger partial charge in [0.25, 0.3) is 0 Å². The summed E-state index contributed by atoms with van der Waals surface area (Å²) in [7, 11) is 0. The third-order valence-corrected chi connectivity index (χ3v) is 5.68. The van der Waals surface area contributed by atoms with Crippen molar-refractivity contribution in [3.05, 3.63) is 10.4 Å². The number of azide groups is 1. The molecule has 232 valence electrons. The molecule has 0 saturated carbocycles. The molecule has 2 unspecified atom stereocenters. The van der Waals surface area contributed by atoms with Crippen LogP contribution in [0.3, 0.4) is 0 Å². The molecule has 1 heterocycles. The van der Waals surface area contributed by atoms with E-state index < -0.39 is 78.3 Å². The lowest BCUT2D eigenvalue weighted by molar-refractivity contribution is -0.339. The number of hydrogen-bond donors (Lipinski definition) is 0. The number of alkyl halides is 1. The molecule has 1 rings (SSSR count). The number of rotatable bonds is 17. The van der Waals surface area contributed by atoms with E-state index in [9.17, 15) is 24.0 Å². The molecule has 1 fully saturated rings. The lowest BCUT2D eigenvalue weighted by Crippen LogP contribution is -2.63. The van der Waals surface area contributed by atoms with Crippen LogP contribution in [0.15, 0.2) is 5.11 Å². The Morgan fingerprint density at radius 1 is 0.878 bits per heavy atom. The molecule has 0 amide bonds. The summed E-state index contributed by atoms with van der Waals surface area (Å²) in [5.74, 6) is -3.92. The van der Waals surface area contributed by atoms with Crippen LogP contribution in [-0.2, 0) is 66.6 Å². The first-order chi connectivity index (χ1) is 19.4. The summed E-state index contributed by atoms with van der Waals surface area (Å²) < 4.78 is 48.9. The van der Waals surface area contributed by atoms with E-state index in [1.165, 1.54) is 0 Å². The number of hydrogen-bond acceptors (Lipinski definition) is 15. The Labute approximate surface area is 244 Å². The Bertz CT molecular complexity index is 947. The molecule has 1 aliphatic rings. The molecule has 1 aliphatic heterocycles. The van der Waals surface area contributed by atoms with Gasteiger partial charge in [-0.25, -0.2) is 0 Å². The zero-order valence-corrected chi connectivity index (χ0v) is 24.8. The van der Waals surface area contributed by atoms with E-state index in [2.05, 4.69) is 26.0 Å². The van der Waals surface area contributed by atoms with E-state index in [1.807, 2.05) is 0 Å². The maximum absolute atomic E-state index is 12.5. The largest absolute Gasteiger partial charge is 0.465 e. The number of carbonyl (C=O) groups excluding carboxylic acids is 5. The van der Waals surface area contributed by atoms with Crippen LogP contribution in [0.2, 0.25) is 0 Å². The molecule has 17 nitrogen and oxygen atoms in total. The monoisotopic (exact) mass is 655 g/mol. The predicted molar refractivity (Wildman–Crippen MR) is 137 cm³/mol. The van der Waals surface area contributed by atoms with Crippen molar-refractivity contribution in [2.45, 2.75) is 76.4 Å². The quantitative estimate of drug-likeness (QED) is 0.0313. The predicted octanol–water partition coefficient (Wildman–Crippen LogP) is 1.08. The fraction of sp³-hybridized carbons (Fsp3) is 0.783. The lowest BCUT2D eigenvalue weighted by Gasteiger charge is -2.44. The molecule has 7 atom stereocenters. The summed E-state index contributed by atoms with van der Waals surface area (Å²) in [4.78, 5) is 61.3. The SMILES string of the molecule is CCOC(=O)C(Br)C(OCCOCCN=[N+]=[N-])O[C@@H]1O[C@H](COC(C)=O)[C@@H](OC(C)=O)[C@H](OC(C)=O)[C@H]1OC(C)=O. The first-order valence-corrected chi connectivity index (χ1v) is 13.3. The maximum Gasteiger partial charge on any atom is 0.324 e. The second-order valence-corrected chi connectivity index (χ2v) is 9.15. The van der Waals surface area contributed by atoms with Gasteiger partial charge in [0, 0.05) is 39.2 Å². The van der Waals surface area contributed by atoms with Crippen LogP contribution in [0.4, 0.5) is 0 Å². The molecule has 18 heteroatoms. The summed E-state index contributed by atoms with van der Waals surface area (Å²) in [5.41, 5.74) is 8.33. The highest BCUT2D eigenvalue weighted by molar-refractivity contribution is 9.10. The van der Waals surface area contributed by atoms with Gasteiger partial charge in [-0.2, -0.15) is 0 Å². The number of carbonyl (C=O) groups is 5. The molecule has 0 bridgehead atoms. The number of esters is 5. The summed E-state index contributed by atoms with van der Waals surface area (Å²) in [6.45, 7) is 5.58. The van der Waals surface area contributed by atoms with Gasteiger partial charge < -0.3 is 42.6 Å². The van der Waals surface area contributed by atoms with Crippen molar-refractivity contribution in [1.82, 2.24) is 0 Å². The van der Waals surface area contributed by atoms with Crippen LogP contribution in [0.25, 0.3) is 10.4 Å². The minimum atomic E-state index is -1.61. The maximum atomic E-state index is 12.5. The van der Waals surface area contributed by atoms with Gasteiger partial charge in [-0.3, -0.25) is 24.0 Å². The highest BCUT2D eigenvalue weighted by atomic mass is 79.9. The van der Waals surface area contributed by atoms with Gasteiger partial charge in [-0.05, 0) is 12.5 Å². The number of halogens is 1. The van der Waals surface area contributed by atoms with E-state index in [-0.39, 0.29) is 33.0 Å². The van der Waals surface area contributed by atoms with Gasteiger partial charge in [0.15, 0.2) is 29.4 Å². The Balaban J connectivity index is 3.36. The third-order valence-electron chi connectivity index (χ3n) is 4.88. The zero-order valence-electron chi connectivity index (χ0n) is 23.2. The van der Waals surface area contributed by atoms with Gasteiger partial charge in [-0.15, -0.1) is 0 Å². The zero-order chi connectivity index (χ0) is 30.9. The number of nitrogens with zero attached hydrogens (tertiary/aromatic N) is 3. The van der Waals surface area contributed by atoms with Crippen molar-refractivity contribution in [3.63, 3.8) is 0 Å². The van der Waals surface area contributed by atoms with Gasteiger partial charge in [-0.1, -0.05) is 21.0 Å². The van der Waals surface area contributed by atoms with Crippen molar-refractivity contribution in [2.75, 3.05) is 39.6 Å².